The molecule has 0 amide bonds. The Morgan fingerprint density at radius 1 is 1.39 bits per heavy atom. The van der Waals surface area contributed by atoms with E-state index in [1.165, 1.54) is 13.2 Å². The summed E-state index contributed by atoms with van der Waals surface area (Å²) < 4.78 is 4.99. The predicted molar refractivity (Wildman–Crippen MR) is 70.3 cm³/mol. The summed E-state index contributed by atoms with van der Waals surface area (Å²) in [6.07, 6.45) is 0.578. The Balaban J connectivity index is 2.42. The second kappa shape index (κ2) is 5.39. The molecule has 0 saturated heterocycles. The maximum absolute atomic E-state index is 10.8. The number of aldehydes is 1. The van der Waals surface area contributed by atoms with E-state index in [2.05, 4.69) is 11.8 Å². The Morgan fingerprint density at radius 3 is 2.83 bits per heavy atom. The van der Waals surface area contributed by atoms with Gasteiger partial charge in [-0.15, -0.1) is 11.3 Å². The first-order valence-corrected chi connectivity index (χ1v) is 6.04. The zero-order valence-electron chi connectivity index (χ0n) is 9.64. The van der Waals surface area contributed by atoms with Crippen LogP contribution in [0.3, 0.4) is 0 Å². The Hall–Kier alpha value is -2.25. The molecule has 1 aromatic heterocycles. The largest absolute Gasteiger partial charge is 0.504 e. The van der Waals surface area contributed by atoms with Crippen molar-refractivity contribution in [2.75, 3.05) is 7.11 Å². The van der Waals surface area contributed by atoms with Gasteiger partial charge in [-0.1, -0.05) is 17.9 Å². The molecular formula is C14H10O3S. The van der Waals surface area contributed by atoms with Gasteiger partial charge in [0.05, 0.1) is 17.6 Å². The van der Waals surface area contributed by atoms with E-state index in [-0.39, 0.29) is 17.1 Å². The smallest absolute Gasteiger partial charge is 0.168 e. The van der Waals surface area contributed by atoms with E-state index in [1.54, 1.807) is 17.4 Å². The molecule has 0 spiro atoms. The van der Waals surface area contributed by atoms with Gasteiger partial charge in [0.2, 0.25) is 0 Å². The molecule has 18 heavy (non-hydrogen) atoms. The van der Waals surface area contributed by atoms with E-state index in [1.807, 2.05) is 17.5 Å². The first-order chi connectivity index (χ1) is 8.74. The SMILES string of the molecule is COc1cc(C#Cc2cccs2)cc(C=O)c1O. The maximum Gasteiger partial charge on any atom is 0.168 e. The van der Waals surface area contributed by atoms with Gasteiger partial charge >= 0.3 is 0 Å². The number of benzene rings is 1. The summed E-state index contributed by atoms with van der Waals surface area (Å²) in [7, 11) is 1.43. The summed E-state index contributed by atoms with van der Waals surface area (Å²) in [5.74, 6) is 6.00. The fraction of sp³-hybridized carbons (Fsp3) is 0.0714. The number of hydrogen-bond donors (Lipinski definition) is 1. The van der Waals surface area contributed by atoms with Crippen LogP contribution in [0, 0.1) is 11.8 Å². The standard InChI is InChI=1S/C14H10O3S/c1-17-13-8-10(7-11(9-15)14(13)16)4-5-12-3-2-6-18-12/h2-3,6-9,16H,1H3. The first-order valence-electron chi connectivity index (χ1n) is 5.16. The van der Waals surface area contributed by atoms with Crippen LogP contribution in [-0.2, 0) is 0 Å². The van der Waals surface area contributed by atoms with Gasteiger partial charge in [-0.2, -0.15) is 0 Å². The molecular weight excluding hydrogens is 248 g/mol. The summed E-state index contributed by atoms with van der Waals surface area (Å²) in [5, 5.41) is 11.6. The highest BCUT2D eigenvalue weighted by molar-refractivity contribution is 7.10. The van der Waals surface area contributed by atoms with Crippen molar-refractivity contribution in [3.05, 3.63) is 45.6 Å². The Bertz CT molecular complexity index is 618. The fourth-order valence-corrected chi connectivity index (χ4v) is 2.00. The van der Waals surface area contributed by atoms with Crippen LogP contribution in [-0.4, -0.2) is 18.5 Å². The van der Waals surface area contributed by atoms with Crippen LogP contribution in [0.2, 0.25) is 0 Å². The normalized spacial score (nSPS) is 9.39. The first kappa shape index (κ1) is 12.2. The van der Waals surface area contributed by atoms with E-state index in [4.69, 9.17) is 4.74 Å². The van der Waals surface area contributed by atoms with Gasteiger partial charge in [-0.3, -0.25) is 4.79 Å². The van der Waals surface area contributed by atoms with Crippen LogP contribution >= 0.6 is 11.3 Å². The van der Waals surface area contributed by atoms with Crippen LogP contribution in [0.15, 0.2) is 29.6 Å². The van der Waals surface area contributed by atoms with Gasteiger partial charge in [0.1, 0.15) is 0 Å². The molecule has 0 saturated carbocycles. The van der Waals surface area contributed by atoms with Gasteiger partial charge in [-0.05, 0) is 23.6 Å². The van der Waals surface area contributed by atoms with Gasteiger partial charge < -0.3 is 9.84 Å². The third-order valence-electron chi connectivity index (χ3n) is 2.30. The fourth-order valence-electron chi connectivity index (χ4n) is 1.43. The summed E-state index contributed by atoms with van der Waals surface area (Å²) in [4.78, 5) is 11.8. The molecule has 90 valence electrons. The number of carbonyl (C=O) groups excluding carboxylic acids is 1. The van der Waals surface area contributed by atoms with Crippen molar-refractivity contribution >= 4 is 17.6 Å². The van der Waals surface area contributed by atoms with Crippen molar-refractivity contribution in [1.29, 1.82) is 0 Å². The highest BCUT2D eigenvalue weighted by Crippen LogP contribution is 2.30. The third kappa shape index (κ3) is 2.53. The van der Waals surface area contributed by atoms with Crippen molar-refractivity contribution in [3.63, 3.8) is 0 Å². The molecule has 1 aromatic carbocycles. The van der Waals surface area contributed by atoms with Crippen molar-refractivity contribution in [1.82, 2.24) is 0 Å². The number of thiophene rings is 1. The molecule has 0 fully saturated rings. The molecule has 0 aliphatic heterocycles. The average molecular weight is 258 g/mol. The minimum atomic E-state index is -0.158. The summed E-state index contributed by atoms with van der Waals surface area (Å²) >= 11 is 1.54. The number of aromatic hydroxyl groups is 1. The number of phenolic OH excluding ortho intramolecular Hbond substituents is 1. The average Bonchev–Trinajstić information content (AvgIpc) is 2.90. The Kier molecular flexibility index (Phi) is 3.66. The van der Waals surface area contributed by atoms with Gasteiger partial charge in [0.25, 0.3) is 0 Å². The number of methoxy groups -OCH3 is 1. The molecule has 0 atom stereocenters. The topological polar surface area (TPSA) is 46.5 Å². The zero-order valence-corrected chi connectivity index (χ0v) is 10.5. The minimum absolute atomic E-state index is 0.158. The molecule has 2 aromatic rings. The van der Waals surface area contributed by atoms with Crippen LogP contribution in [0.5, 0.6) is 11.5 Å². The van der Waals surface area contributed by atoms with E-state index >= 15 is 0 Å². The molecule has 1 N–H and O–H groups in total. The quantitative estimate of drug-likeness (QED) is 0.665. The van der Waals surface area contributed by atoms with Gasteiger partial charge in [0, 0.05) is 5.56 Å². The molecule has 0 unspecified atom stereocenters. The summed E-state index contributed by atoms with van der Waals surface area (Å²) in [6, 6.07) is 6.97. The van der Waals surface area contributed by atoms with Crippen LogP contribution in [0.1, 0.15) is 20.8 Å². The molecule has 2 rings (SSSR count). The zero-order chi connectivity index (χ0) is 13.0. The molecule has 3 nitrogen and oxygen atoms in total. The number of carbonyl (C=O) groups is 1. The number of hydrogen-bond acceptors (Lipinski definition) is 4. The number of phenols is 1. The van der Waals surface area contributed by atoms with Crippen LogP contribution < -0.4 is 4.74 Å². The third-order valence-corrected chi connectivity index (χ3v) is 3.09. The lowest BCUT2D eigenvalue weighted by Gasteiger charge is -2.05. The summed E-state index contributed by atoms with van der Waals surface area (Å²) in [5.41, 5.74) is 0.796. The Labute approximate surface area is 109 Å². The van der Waals surface area contributed by atoms with Gasteiger partial charge in [-0.25, -0.2) is 0 Å². The van der Waals surface area contributed by atoms with E-state index in [0.29, 0.717) is 11.8 Å². The summed E-state index contributed by atoms with van der Waals surface area (Å²) in [6.45, 7) is 0. The van der Waals surface area contributed by atoms with E-state index in [9.17, 15) is 9.90 Å². The predicted octanol–water partition coefficient (Wildman–Crippen LogP) is 2.67. The molecule has 0 bridgehead atoms. The van der Waals surface area contributed by atoms with Crippen molar-refractivity contribution in [2.45, 2.75) is 0 Å². The van der Waals surface area contributed by atoms with Crippen molar-refractivity contribution in [3.8, 4) is 23.3 Å². The molecule has 4 heteroatoms. The molecule has 0 aliphatic carbocycles. The maximum atomic E-state index is 10.8. The van der Waals surface area contributed by atoms with E-state index in [0.717, 1.165) is 4.88 Å². The second-order valence-electron chi connectivity index (χ2n) is 3.46. The highest BCUT2D eigenvalue weighted by Gasteiger charge is 2.08. The van der Waals surface area contributed by atoms with Crippen LogP contribution in [0.4, 0.5) is 0 Å². The van der Waals surface area contributed by atoms with Gasteiger partial charge in [0.15, 0.2) is 17.8 Å². The number of rotatable bonds is 2. The lowest BCUT2D eigenvalue weighted by atomic mass is 10.1. The number of ether oxygens (including phenoxy) is 1. The molecule has 1 heterocycles. The minimum Gasteiger partial charge on any atom is -0.504 e. The monoisotopic (exact) mass is 258 g/mol. The molecule has 0 aliphatic rings. The Morgan fingerprint density at radius 2 is 2.22 bits per heavy atom. The molecule has 0 radical (unpaired) electrons. The lowest BCUT2D eigenvalue weighted by molar-refractivity contribution is 0.112. The van der Waals surface area contributed by atoms with E-state index < -0.39 is 0 Å². The van der Waals surface area contributed by atoms with Crippen molar-refractivity contribution < 1.29 is 14.6 Å². The second-order valence-corrected chi connectivity index (χ2v) is 4.41. The van der Waals surface area contributed by atoms with Crippen molar-refractivity contribution in [2.24, 2.45) is 0 Å². The highest BCUT2D eigenvalue weighted by atomic mass is 32.1. The lowest BCUT2D eigenvalue weighted by Crippen LogP contribution is -1.90. The van der Waals surface area contributed by atoms with Crippen LogP contribution in [0.25, 0.3) is 0 Å².